The van der Waals surface area contributed by atoms with Gasteiger partial charge < -0.3 is 15.2 Å². The number of methoxy groups -OCH3 is 1. The summed E-state index contributed by atoms with van der Waals surface area (Å²) in [5, 5.41) is 13.2. The molecule has 3 heteroatoms. The van der Waals surface area contributed by atoms with E-state index in [0.29, 0.717) is 11.8 Å². The monoisotopic (exact) mass is 221 g/mol. The van der Waals surface area contributed by atoms with Gasteiger partial charge in [0.2, 0.25) is 0 Å². The van der Waals surface area contributed by atoms with Crippen LogP contribution in [0.25, 0.3) is 0 Å². The van der Waals surface area contributed by atoms with Gasteiger partial charge in [-0.15, -0.1) is 0 Å². The normalized spacial score (nSPS) is 20.0. The summed E-state index contributed by atoms with van der Waals surface area (Å²) in [5.74, 6) is 1.10. The van der Waals surface area contributed by atoms with Crippen LogP contribution in [0, 0.1) is 6.92 Å². The standard InChI is InChI=1S/C13H19NO2/c1-9-12(15)7-10(8-13(9)16-2)6-11-4-3-5-14-11/h7-8,11,14-15H,3-6H2,1-2H3. The minimum atomic E-state index is 0.326. The molecule has 1 aliphatic heterocycles. The molecule has 1 atom stereocenters. The second kappa shape index (κ2) is 4.74. The fourth-order valence-corrected chi connectivity index (χ4v) is 2.27. The molecule has 1 saturated heterocycles. The van der Waals surface area contributed by atoms with E-state index in [1.54, 1.807) is 7.11 Å². The molecule has 1 aliphatic rings. The molecule has 0 aliphatic carbocycles. The van der Waals surface area contributed by atoms with Crippen LogP contribution >= 0.6 is 0 Å². The smallest absolute Gasteiger partial charge is 0.125 e. The molecule has 1 fully saturated rings. The van der Waals surface area contributed by atoms with Crippen LogP contribution in [-0.2, 0) is 6.42 Å². The first kappa shape index (κ1) is 11.3. The molecule has 0 amide bonds. The van der Waals surface area contributed by atoms with Gasteiger partial charge in [0.1, 0.15) is 11.5 Å². The van der Waals surface area contributed by atoms with Crippen LogP contribution in [0.5, 0.6) is 11.5 Å². The lowest BCUT2D eigenvalue weighted by Gasteiger charge is -2.13. The third kappa shape index (κ3) is 2.30. The van der Waals surface area contributed by atoms with E-state index in [2.05, 4.69) is 5.32 Å². The molecule has 2 rings (SSSR count). The Kier molecular flexibility index (Phi) is 3.34. The maximum absolute atomic E-state index is 9.79. The Balaban J connectivity index is 2.17. The molecule has 0 radical (unpaired) electrons. The molecule has 0 bridgehead atoms. The molecule has 2 N–H and O–H groups in total. The number of rotatable bonds is 3. The first-order valence-electron chi connectivity index (χ1n) is 5.80. The molecule has 0 aromatic heterocycles. The Labute approximate surface area is 96.4 Å². The SMILES string of the molecule is COc1cc(CC2CCCN2)cc(O)c1C. The van der Waals surface area contributed by atoms with Gasteiger partial charge in [0, 0.05) is 11.6 Å². The lowest BCUT2D eigenvalue weighted by molar-refractivity contribution is 0.401. The van der Waals surface area contributed by atoms with Crippen molar-refractivity contribution in [1.82, 2.24) is 5.32 Å². The van der Waals surface area contributed by atoms with Crippen LogP contribution in [0.2, 0.25) is 0 Å². The van der Waals surface area contributed by atoms with Gasteiger partial charge in [-0.2, -0.15) is 0 Å². The molecule has 88 valence electrons. The second-order valence-electron chi connectivity index (χ2n) is 4.44. The number of ether oxygens (including phenoxy) is 1. The maximum Gasteiger partial charge on any atom is 0.125 e. The average Bonchev–Trinajstić information content (AvgIpc) is 2.76. The number of phenols is 1. The van der Waals surface area contributed by atoms with Crippen LogP contribution in [0.4, 0.5) is 0 Å². The summed E-state index contributed by atoms with van der Waals surface area (Å²) < 4.78 is 5.25. The molecular weight excluding hydrogens is 202 g/mol. The Morgan fingerprint density at radius 1 is 1.50 bits per heavy atom. The van der Waals surface area contributed by atoms with Gasteiger partial charge in [-0.25, -0.2) is 0 Å². The predicted molar refractivity (Wildman–Crippen MR) is 64.1 cm³/mol. The van der Waals surface area contributed by atoms with E-state index in [4.69, 9.17) is 4.74 Å². The van der Waals surface area contributed by atoms with Crippen molar-refractivity contribution in [1.29, 1.82) is 0 Å². The zero-order chi connectivity index (χ0) is 11.5. The lowest BCUT2D eigenvalue weighted by atomic mass is 10.0. The summed E-state index contributed by atoms with van der Waals surface area (Å²) >= 11 is 0. The van der Waals surface area contributed by atoms with Gasteiger partial charge >= 0.3 is 0 Å². The van der Waals surface area contributed by atoms with Crippen LogP contribution in [-0.4, -0.2) is 24.8 Å². The number of phenolic OH excluding ortho intramolecular Hbond substituents is 1. The van der Waals surface area contributed by atoms with Crippen molar-refractivity contribution < 1.29 is 9.84 Å². The zero-order valence-corrected chi connectivity index (χ0v) is 9.92. The highest BCUT2D eigenvalue weighted by Gasteiger charge is 2.16. The molecule has 16 heavy (non-hydrogen) atoms. The van der Waals surface area contributed by atoms with E-state index in [1.165, 1.54) is 12.8 Å². The molecule has 1 heterocycles. The highest BCUT2D eigenvalue weighted by Crippen LogP contribution is 2.29. The van der Waals surface area contributed by atoms with E-state index in [1.807, 2.05) is 19.1 Å². The molecular formula is C13H19NO2. The average molecular weight is 221 g/mol. The fraction of sp³-hybridized carbons (Fsp3) is 0.538. The molecule has 0 spiro atoms. The largest absolute Gasteiger partial charge is 0.508 e. The minimum absolute atomic E-state index is 0.326. The first-order valence-corrected chi connectivity index (χ1v) is 5.80. The van der Waals surface area contributed by atoms with Crippen LogP contribution in [0.1, 0.15) is 24.0 Å². The maximum atomic E-state index is 9.79. The topological polar surface area (TPSA) is 41.5 Å². The Morgan fingerprint density at radius 3 is 2.94 bits per heavy atom. The fourth-order valence-electron chi connectivity index (χ4n) is 2.27. The summed E-state index contributed by atoms with van der Waals surface area (Å²) in [5.41, 5.74) is 1.95. The molecule has 0 saturated carbocycles. The summed E-state index contributed by atoms with van der Waals surface area (Å²) in [4.78, 5) is 0. The lowest BCUT2D eigenvalue weighted by Crippen LogP contribution is -2.23. The van der Waals surface area contributed by atoms with E-state index in [0.717, 1.165) is 29.8 Å². The molecule has 1 aromatic carbocycles. The quantitative estimate of drug-likeness (QED) is 0.820. The number of benzene rings is 1. The first-order chi connectivity index (χ1) is 7.70. The summed E-state index contributed by atoms with van der Waals surface area (Å²) in [7, 11) is 1.64. The van der Waals surface area contributed by atoms with Crippen molar-refractivity contribution in [2.45, 2.75) is 32.2 Å². The van der Waals surface area contributed by atoms with Gasteiger partial charge in [-0.1, -0.05) is 0 Å². The minimum Gasteiger partial charge on any atom is -0.508 e. The van der Waals surface area contributed by atoms with Gasteiger partial charge in [0.25, 0.3) is 0 Å². The number of hydrogen-bond acceptors (Lipinski definition) is 3. The van der Waals surface area contributed by atoms with Gasteiger partial charge in [0.15, 0.2) is 0 Å². The van der Waals surface area contributed by atoms with Crippen LogP contribution < -0.4 is 10.1 Å². The highest BCUT2D eigenvalue weighted by molar-refractivity contribution is 5.46. The summed E-state index contributed by atoms with van der Waals surface area (Å²) in [6.45, 7) is 2.98. The molecule has 1 unspecified atom stereocenters. The molecule has 1 aromatic rings. The van der Waals surface area contributed by atoms with Gasteiger partial charge in [-0.3, -0.25) is 0 Å². The van der Waals surface area contributed by atoms with Crippen LogP contribution in [0.15, 0.2) is 12.1 Å². The van der Waals surface area contributed by atoms with Crippen molar-refractivity contribution in [3.05, 3.63) is 23.3 Å². The predicted octanol–water partition coefficient (Wildman–Crippen LogP) is 2.00. The summed E-state index contributed by atoms with van der Waals surface area (Å²) in [6, 6.07) is 4.42. The Bertz CT molecular complexity index is 370. The van der Waals surface area contributed by atoms with Crippen molar-refractivity contribution in [3.63, 3.8) is 0 Å². The Morgan fingerprint density at radius 2 is 2.31 bits per heavy atom. The molecule has 3 nitrogen and oxygen atoms in total. The van der Waals surface area contributed by atoms with Crippen molar-refractivity contribution >= 4 is 0 Å². The second-order valence-corrected chi connectivity index (χ2v) is 4.44. The number of aromatic hydroxyl groups is 1. The zero-order valence-electron chi connectivity index (χ0n) is 9.92. The third-order valence-corrected chi connectivity index (χ3v) is 3.26. The number of nitrogens with one attached hydrogen (secondary N) is 1. The van der Waals surface area contributed by atoms with Gasteiger partial charge in [0.05, 0.1) is 7.11 Å². The van der Waals surface area contributed by atoms with Crippen molar-refractivity contribution in [3.8, 4) is 11.5 Å². The Hall–Kier alpha value is -1.22. The highest BCUT2D eigenvalue weighted by atomic mass is 16.5. The van der Waals surface area contributed by atoms with E-state index in [-0.39, 0.29) is 0 Å². The van der Waals surface area contributed by atoms with E-state index < -0.39 is 0 Å². The summed E-state index contributed by atoms with van der Waals surface area (Å²) in [6.07, 6.45) is 3.43. The van der Waals surface area contributed by atoms with Gasteiger partial charge in [-0.05, 0) is 50.4 Å². The van der Waals surface area contributed by atoms with Crippen LogP contribution in [0.3, 0.4) is 0 Å². The van der Waals surface area contributed by atoms with E-state index in [9.17, 15) is 5.11 Å². The van der Waals surface area contributed by atoms with Crippen molar-refractivity contribution in [2.24, 2.45) is 0 Å². The number of hydrogen-bond donors (Lipinski definition) is 2. The van der Waals surface area contributed by atoms with Crippen molar-refractivity contribution in [2.75, 3.05) is 13.7 Å². The third-order valence-electron chi connectivity index (χ3n) is 3.26. The van der Waals surface area contributed by atoms with E-state index >= 15 is 0 Å².